The van der Waals surface area contributed by atoms with Gasteiger partial charge in [0.1, 0.15) is 5.82 Å². The van der Waals surface area contributed by atoms with Gasteiger partial charge in [0.25, 0.3) is 10.0 Å². The first-order chi connectivity index (χ1) is 9.70. The second-order valence-corrected chi connectivity index (χ2v) is 6.85. The molecule has 0 unspecified atom stereocenters. The van der Waals surface area contributed by atoms with Crippen LogP contribution in [0.1, 0.15) is 5.56 Å². The van der Waals surface area contributed by atoms with Crippen LogP contribution in [0.4, 0.5) is 15.8 Å². The number of rotatable bonds is 3. The third-order valence-corrected chi connectivity index (χ3v) is 4.86. The first-order valence-corrected chi connectivity index (χ1v) is 7.98. The van der Waals surface area contributed by atoms with E-state index in [1.54, 1.807) is 6.92 Å². The Hall–Kier alpha value is -1.50. The Balaban J connectivity index is 2.45. The van der Waals surface area contributed by atoms with E-state index in [-0.39, 0.29) is 26.3 Å². The van der Waals surface area contributed by atoms with Gasteiger partial charge in [0.15, 0.2) is 0 Å². The molecule has 0 aliphatic heterocycles. The van der Waals surface area contributed by atoms with Crippen molar-refractivity contribution in [3.05, 3.63) is 51.8 Å². The van der Waals surface area contributed by atoms with Crippen molar-refractivity contribution in [1.82, 2.24) is 0 Å². The molecule has 2 aromatic rings. The van der Waals surface area contributed by atoms with E-state index in [0.717, 1.165) is 6.07 Å². The highest BCUT2D eigenvalue weighted by Crippen LogP contribution is 2.28. The minimum Gasteiger partial charge on any atom is -0.398 e. The number of anilines is 2. The lowest BCUT2D eigenvalue weighted by Gasteiger charge is -2.12. The minimum atomic E-state index is -3.94. The molecule has 3 N–H and O–H groups in total. The molecule has 0 aromatic heterocycles. The fraction of sp³-hybridized carbons (Fsp3) is 0.0769. The molecule has 4 nitrogen and oxygen atoms in total. The van der Waals surface area contributed by atoms with E-state index in [9.17, 15) is 12.8 Å². The van der Waals surface area contributed by atoms with Gasteiger partial charge in [-0.2, -0.15) is 0 Å². The topological polar surface area (TPSA) is 72.2 Å². The van der Waals surface area contributed by atoms with Crippen LogP contribution in [0.5, 0.6) is 0 Å². The van der Waals surface area contributed by atoms with Crippen LogP contribution in [0.3, 0.4) is 0 Å². The van der Waals surface area contributed by atoms with Gasteiger partial charge in [0, 0.05) is 10.7 Å². The van der Waals surface area contributed by atoms with Gasteiger partial charge in [-0.3, -0.25) is 4.72 Å². The number of benzene rings is 2. The van der Waals surface area contributed by atoms with E-state index in [1.807, 2.05) is 0 Å². The summed E-state index contributed by atoms with van der Waals surface area (Å²) in [5, 5.41) is 0.0990. The van der Waals surface area contributed by atoms with Crippen molar-refractivity contribution in [2.75, 3.05) is 10.5 Å². The maximum atomic E-state index is 13.4. The Labute approximate surface area is 131 Å². The van der Waals surface area contributed by atoms with Gasteiger partial charge in [-0.1, -0.05) is 23.2 Å². The molecule has 112 valence electrons. The Kier molecular flexibility index (Phi) is 4.32. The third-order valence-electron chi connectivity index (χ3n) is 2.83. The molecule has 0 saturated carbocycles. The Morgan fingerprint density at radius 1 is 1.19 bits per heavy atom. The molecule has 0 aliphatic rings. The van der Waals surface area contributed by atoms with Crippen LogP contribution >= 0.6 is 23.2 Å². The number of nitrogen functional groups attached to an aromatic ring is 1. The van der Waals surface area contributed by atoms with E-state index >= 15 is 0 Å². The number of halogens is 3. The fourth-order valence-electron chi connectivity index (χ4n) is 1.72. The molecule has 0 spiro atoms. The standard InChI is InChI=1S/C13H11Cl2FN2O2S/c1-7-12(17)4-8(14)5-13(7)21(19,20)18-9-2-3-10(15)11(16)6-9/h2-6,18H,17H2,1H3. The van der Waals surface area contributed by atoms with Gasteiger partial charge in [-0.15, -0.1) is 0 Å². The Morgan fingerprint density at radius 2 is 1.86 bits per heavy atom. The van der Waals surface area contributed by atoms with E-state index < -0.39 is 15.8 Å². The summed E-state index contributed by atoms with van der Waals surface area (Å²) in [6.45, 7) is 1.56. The van der Waals surface area contributed by atoms with E-state index in [2.05, 4.69) is 4.72 Å². The zero-order valence-electron chi connectivity index (χ0n) is 10.8. The molecular formula is C13H11Cl2FN2O2S. The average Bonchev–Trinajstić information content (AvgIpc) is 2.37. The second kappa shape index (κ2) is 5.71. The fourth-order valence-corrected chi connectivity index (χ4v) is 3.48. The van der Waals surface area contributed by atoms with Crippen molar-refractivity contribution < 1.29 is 12.8 Å². The molecular weight excluding hydrogens is 338 g/mol. The molecule has 0 heterocycles. The zero-order chi connectivity index (χ0) is 15.8. The highest BCUT2D eigenvalue weighted by atomic mass is 35.5. The van der Waals surface area contributed by atoms with E-state index in [4.69, 9.17) is 28.9 Å². The van der Waals surface area contributed by atoms with Crippen molar-refractivity contribution in [1.29, 1.82) is 0 Å². The van der Waals surface area contributed by atoms with Crippen molar-refractivity contribution in [3.63, 3.8) is 0 Å². The molecule has 0 saturated heterocycles. The van der Waals surface area contributed by atoms with Crippen LogP contribution in [0.25, 0.3) is 0 Å². The third kappa shape index (κ3) is 3.40. The summed E-state index contributed by atoms with van der Waals surface area (Å²) in [5.74, 6) is -0.723. The SMILES string of the molecule is Cc1c(N)cc(Cl)cc1S(=O)(=O)Nc1ccc(Cl)c(F)c1. The number of hydrogen-bond donors (Lipinski definition) is 2. The lowest BCUT2D eigenvalue weighted by atomic mass is 10.2. The van der Waals surface area contributed by atoms with Gasteiger partial charge >= 0.3 is 0 Å². The number of sulfonamides is 1. The van der Waals surface area contributed by atoms with Gasteiger partial charge in [-0.05, 0) is 42.8 Å². The highest BCUT2D eigenvalue weighted by Gasteiger charge is 2.19. The molecule has 0 amide bonds. The molecule has 0 bridgehead atoms. The summed E-state index contributed by atoms with van der Waals surface area (Å²) in [4.78, 5) is -0.0668. The number of nitrogens with one attached hydrogen (secondary N) is 1. The molecule has 0 aliphatic carbocycles. The first-order valence-electron chi connectivity index (χ1n) is 5.74. The zero-order valence-corrected chi connectivity index (χ0v) is 13.2. The lowest BCUT2D eigenvalue weighted by Crippen LogP contribution is -2.15. The average molecular weight is 349 g/mol. The molecule has 8 heteroatoms. The quantitative estimate of drug-likeness (QED) is 0.828. The van der Waals surface area contributed by atoms with Gasteiger partial charge in [-0.25, -0.2) is 12.8 Å². The molecule has 0 radical (unpaired) electrons. The first kappa shape index (κ1) is 15.9. The molecule has 0 atom stereocenters. The summed E-state index contributed by atoms with van der Waals surface area (Å²) in [5.41, 5.74) is 6.37. The van der Waals surface area contributed by atoms with Gasteiger partial charge in [0.2, 0.25) is 0 Å². The van der Waals surface area contributed by atoms with E-state index in [1.165, 1.54) is 24.3 Å². The van der Waals surface area contributed by atoms with Crippen LogP contribution in [0.2, 0.25) is 10.0 Å². The maximum Gasteiger partial charge on any atom is 0.262 e. The van der Waals surface area contributed by atoms with Crippen molar-refractivity contribution in [2.45, 2.75) is 11.8 Å². The van der Waals surface area contributed by atoms with Gasteiger partial charge < -0.3 is 5.73 Å². The van der Waals surface area contributed by atoms with E-state index in [0.29, 0.717) is 5.56 Å². The van der Waals surface area contributed by atoms with Crippen LogP contribution in [0, 0.1) is 12.7 Å². The summed E-state index contributed by atoms with van der Waals surface area (Å²) in [6.07, 6.45) is 0. The van der Waals surface area contributed by atoms with Crippen molar-refractivity contribution in [2.24, 2.45) is 0 Å². The summed E-state index contributed by atoms with van der Waals surface area (Å²) < 4.78 is 40.3. The van der Waals surface area contributed by atoms with Crippen molar-refractivity contribution >= 4 is 44.6 Å². The molecule has 0 fully saturated rings. The Morgan fingerprint density at radius 3 is 2.48 bits per heavy atom. The normalized spacial score (nSPS) is 11.4. The number of hydrogen-bond acceptors (Lipinski definition) is 3. The predicted octanol–water partition coefficient (Wildman–Crippen LogP) is 3.82. The smallest absolute Gasteiger partial charge is 0.262 e. The minimum absolute atomic E-state index is 0.0508. The molecule has 21 heavy (non-hydrogen) atoms. The summed E-state index contributed by atoms with van der Waals surface area (Å²) in [6, 6.07) is 6.34. The predicted molar refractivity (Wildman–Crippen MR) is 82.8 cm³/mol. The second-order valence-electron chi connectivity index (χ2n) is 4.35. The van der Waals surface area contributed by atoms with Crippen LogP contribution < -0.4 is 10.5 Å². The largest absolute Gasteiger partial charge is 0.398 e. The van der Waals surface area contributed by atoms with Crippen LogP contribution in [-0.2, 0) is 10.0 Å². The van der Waals surface area contributed by atoms with Crippen molar-refractivity contribution in [3.8, 4) is 0 Å². The van der Waals surface area contributed by atoms with Crippen LogP contribution in [-0.4, -0.2) is 8.42 Å². The Bertz CT molecular complexity index is 810. The summed E-state index contributed by atoms with van der Waals surface area (Å²) in [7, 11) is -3.94. The highest BCUT2D eigenvalue weighted by molar-refractivity contribution is 7.92. The monoisotopic (exact) mass is 348 g/mol. The maximum absolute atomic E-state index is 13.4. The number of nitrogens with two attached hydrogens (primary N) is 1. The van der Waals surface area contributed by atoms with Crippen LogP contribution in [0.15, 0.2) is 35.2 Å². The summed E-state index contributed by atoms with van der Waals surface area (Å²) >= 11 is 11.4. The van der Waals surface area contributed by atoms with Gasteiger partial charge in [0.05, 0.1) is 15.6 Å². The molecule has 2 rings (SSSR count). The lowest BCUT2D eigenvalue weighted by molar-refractivity contribution is 0.600. The molecule has 2 aromatic carbocycles.